The molecule has 18 heavy (non-hydrogen) atoms. The lowest BCUT2D eigenvalue weighted by molar-refractivity contribution is 0.348. The fraction of sp³-hybridized carbons (Fsp3) is 0.583. The average molecular weight is 249 g/mol. The van der Waals surface area contributed by atoms with Crippen molar-refractivity contribution in [2.24, 2.45) is 11.7 Å². The van der Waals surface area contributed by atoms with E-state index in [2.05, 4.69) is 34.0 Å². The van der Waals surface area contributed by atoms with Gasteiger partial charge in [-0.2, -0.15) is 4.98 Å². The van der Waals surface area contributed by atoms with Crippen molar-refractivity contribution in [3.63, 3.8) is 0 Å². The van der Waals surface area contributed by atoms with Crippen LogP contribution in [0.2, 0.25) is 0 Å². The van der Waals surface area contributed by atoms with Crippen molar-refractivity contribution < 1.29 is 4.52 Å². The first-order chi connectivity index (χ1) is 8.65. The van der Waals surface area contributed by atoms with Gasteiger partial charge in [-0.15, -0.1) is 0 Å². The van der Waals surface area contributed by atoms with Crippen molar-refractivity contribution in [1.82, 2.24) is 20.1 Å². The number of rotatable bonds is 6. The van der Waals surface area contributed by atoms with Gasteiger partial charge < -0.3 is 15.2 Å². The fourth-order valence-electron chi connectivity index (χ4n) is 1.66. The number of hydrogen-bond donors (Lipinski definition) is 2. The van der Waals surface area contributed by atoms with E-state index in [1.54, 1.807) is 12.5 Å². The van der Waals surface area contributed by atoms with E-state index in [-0.39, 0.29) is 6.04 Å². The molecule has 2 rings (SSSR count). The number of imidazole rings is 1. The summed E-state index contributed by atoms with van der Waals surface area (Å²) in [5.41, 5.74) is 6.97. The van der Waals surface area contributed by atoms with Crippen LogP contribution in [0.25, 0.3) is 0 Å². The molecule has 0 aliphatic carbocycles. The van der Waals surface area contributed by atoms with Crippen molar-refractivity contribution in [1.29, 1.82) is 0 Å². The molecule has 0 aromatic carbocycles. The van der Waals surface area contributed by atoms with Crippen molar-refractivity contribution in [2.75, 3.05) is 0 Å². The molecule has 2 heterocycles. The second kappa shape index (κ2) is 5.77. The van der Waals surface area contributed by atoms with Gasteiger partial charge in [0.1, 0.15) is 0 Å². The van der Waals surface area contributed by atoms with Crippen LogP contribution in [0.3, 0.4) is 0 Å². The summed E-state index contributed by atoms with van der Waals surface area (Å²) in [7, 11) is 0. The maximum absolute atomic E-state index is 6.01. The quantitative estimate of drug-likeness (QED) is 0.811. The minimum atomic E-state index is -0.286. The highest BCUT2D eigenvalue weighted by molar-refractivity contribution is 5.02. The lowest BCUT2D eigenvalue weighted by Gasteiger charge is -2.03. The molecule has 6 nitrogen and oxygen atoms in total. The molecule has 0 spiro atoms. The predicted octanol–water partition coefficient (Wildman–Crippen LogP) is 1.62. The third-order valence-corrected chi connectivity index (χ3v) is 2.74. The summed E-state index contributed by atoms with van der Waals surface area (Å²) in [6.45, 7) is 4.34. The smallest absolute Gasteiger partial charge is 0.243 e. The summed E-state index contributed by atoms with van der Waals surface area (Å²) in [6.07, 6.45) is 5.87. The standard InChI is InChI=1S/C12H19N5O/c1-8(2)3-4-11-16-12(18-17-11)10(13)5-9-6-14-7-15-9/h6-8,10H,3-5,13H2,1-2H3,(H,14,15). The molecule has 0 amide bonds. The Balaban J connectivity index is 1.92. The molecule has 0 bridgehead atoms. The first kappa shape index (κ1) is 12.8. The zero-order chi connectivity index (χ0) is 13.0. The van der Waals surface area contributed by atoms with Crippen molar-refractivity contribution >= 4 is 0 Å². The summed E-state index contributed by atoms with van der Waals surface area (Å²) >= 11 is 0. The maximum atomic E-state index is 6.01. The molecule has 2 aromatic rings. The monoisotopic (exact) mass is 249 g/mol. The van der Waals surface area contributed by atoms with Crippen LogP contribution in [0.4, 0.5) is 0 Å². The number of hydrogen-bond acceptors (Lipinski definition) is 5. The molecule has 0 aliphatic heterocycles. The van der Waals surface area contributed by atoms with Gasteiger partial charge in [0.15, 0.2) is 5.82 Å². The van der Waals surface area contributed by atoms with E-state index in [1.165, 1.54) is 0 Å². The number of H-pyrrole nitrogens is 1. The lowest BCUT2D eigenvalue weighted by atomic mass is 10.1. The number of aryl methyl sites for hydroxylation is 1. The Bertz CT molecular complexity index is 463. The molecule has 1 unspecified atom stereocenters. The summed E-state index contributed by atoms with van der Waals surface area (Å²) in [5.74, 6) is 1.85. The minimum absolute atomic E-state index is 0.286. The molecule has 3 N–H and O–H groups in total. The van der Waals surface area contributed by atoms with Gasteiger partial charge in [0.05, 0.1) is 12.4 Å². The Hall–Kier alpha value is -1.69. The van der Waals surface area contributed by atoms with Crippen LogP contribution in [0.1, 0.15) is 43.7 Å². The van der Waals surface area contributed by atoms with E-state index in [0.717, 1.165) is 24.4 Å². The van der Waals surface area contributed by atoms with E-state index in [9.17, 15) is 0 Å². The topological polar surface area (TPSA) is 93.6 Å². The van der Waals surface area contributed by atoms with Gasteiger partial charge in [0.2, 0.25) is 5.89 Å². The third kappa shape index (κ3) is 3.40. The van der Waals surface area contributed by atoms with Crippen LogP contribution in [-0.2, 0) is 12.8 Å². The number of aromatic nitrogens is 4. The Kier molecular flexibility index (Phi) is 4.09. The van der Waals surface area contributed by atoms with Gasteiger partial charge in [-0.3, -0.25) is 0 Å². The maximum Gasteiger partial charge on any atom is 0.243 e. The van der Waals surface area contributed by atoms with Gasteiger partial charge >= 0.3 is 0 Å². The molecule has 0 saturated carbocycles. The summed E-state index contributed by atoms with van der Waals surface area (Å²) < 4.78 is 5.19. The van der Waals surface area contributed by atoms with Crippen LogP contribution in [0.15, 0.2) is 17.0 Å². The normalized spacial score (nSPS) is 13.1. The number of nitrogens with two attached hydrogens (primary N) is 1. The number of nitrogens with one attached hydrogen (secondary N) is 1. The van der Waals surface area contributed by atoms with Crippen molar-refractivity contribution in [3.8, 4) is 0 Å². The van der Waals surface area contributed by atoms with Crippen molar-refractivity contribution in [2.45, 2.75) is 39.2 Å². The van der Waals surface area contributed by atoms with Crippen LogP contribution in [0.5, 0.6) is 0 Å². The summed E-state index contributed by atoms with van der Waals surface area (Å²) in [5, 5.41) is 3.95. The summed E-state index contributed by atoms with van der Waals surface area (Å²) in [6, 6.07) is -0.286. The van der Waals surface area contributed by atoms with E-state index in [0.29, 0.717) is 18.2 Å². The SMILES string of the molecule is CC(C)CCc1noc(C(N)Cc2cnc[nH]2)n1. The predicted molar refractivity (Wildman–Crippen MR) is 66.7 cm³/mol. The molecule has 0 aliphatic rings. The lowest BCUT2D eigenvalue weighted by Crippen LogP contribution is -2.14. The molecule has 0 radical (unpaired) electrons. The first-order valence-corrected chi connectivity index (χ1v) is 6.20. The van der Waals surface area contributed by atoms with E-state index >= 15 is 0 Å². The molecular formula is C12H19N5O. The zero-order valence-electron chi connectivity index (χ0n) is 10.8. The van der Waals surface area contributed by atoms with Crippen LogP contribution in [-0.4, -0.2) is 20.1 Å². The van der Waals surface area contributed by atoms with Gasteiger partial charge in [-0.25, -0.2) is 4.98 Å². The highest BCUT2D eigenvalue weighted by Crippen LogP contribution is 2.14. The number of nitrogens with zero attached hydrogens (tertiary/aromatic N) is 3. The second-order valence-electron chi connectivity index (χ2n) is 4.87. The third-order valence-electron chi connectivity index (χ3n) is 2.74. The van der Waals surface area contributed by atoms with E-state index in [1.807, 2.05) is 0 Å². The molecule has 98 valence electrons. The molecule has 1 atom stereocenters. The molecule has 0 fully saturated rings. The summed E-state index contributed by atoms with van der Waals surface area (Å²) in [4.78, 5) is 11.3. The van der Waals surface area contributed by atoms with Gasteiger partial charge in [0.25, 0.3) is 0 Å². The van der Waals surface area contributed by atoms with Crippen LogP contribution >= 0.6 is 0 Å². The average Bonchev–Trinajstić information content (AvgIpc) is 2.96. The Labute approximate surface area is 106 Å². The first-order valence-electron chi connectivity index (χ1n) is 6.20. The largest absolute Gasteiger partial charge is 0.348 e. The van der Waals surface area contributed by atoms with Crippen molar-refractivity contribution in [3.05, 3.63) is 29.9 Å². The molecule has 6 heteroatoms. The van der Waals surface area contributed by atoms with Gasteiger partial charge in [0, 0.05) is 24.7 Å². The van der Waals surface area contributed by atoms with Gasteiger partial charge in [-0.05, 0) is 12.3 Å². The second-order valence-corrected chi connectivity index (χ2v) is 4.87. The number of aromatic amines is 1. The highest BCUT2D eigenvalue weighted by atomic mass is 16.5. The molecule has 0 saturated heterocycles. The van der Waals surface area contributed by atoms with E-state index in [4.69, 9.17) is 10.3 Å². The highest BCUT2D eigenvalue weighted by Gasteiger charge is 2.16. The minimum Gasteiger partial charge on any atom is -0.348 e. The molecular weight excluding hydrogens is 230 g/mol. The Morgan fingerprint density at radius 2 is 2.28 bits per heavy atom. The fourth-order valence-corrected chi connectivity index (χ4v) is 1.66. The molecule has 2 aromatic heterocycles. The Morgan fingerprint density at radius 3 is 2.94 bits per heavy atom. The van der Waals surface area contributed by atoms with Crippen LogP contribution in [0, 0.1) is 5.92 Å². The Morgan fingerprint density at radius 1 is 1.44 bits per heavy atom. The zero-order valence-corrected chi connectivity index (χ0v) is 10.8. The van der Waals surface area contributed by atoms with Gasteiger partial charge in [-0.1, -0.05) is 19.0 Å². The van der Waals surface area contributed by atoms with E-state index < -0.39 is 0 Å². The van der Waals surface area contributed by atoms with Crippen LogP contribution < -0.4 is 5.73 Å².